The molecule has 0 spiro atoms. The van der Waals surface area contributed by atoms with Crippen molar-refractivity contribution in [3.63, 3.8) is 0 Å². The lowest BCUT2D eigenvalue weighted by Crippen LogP contribution is -2.36. The molecule has 1 aromatic carbocycles. The van der Waals surface area contributed by atoms with Crippen LogP contribution < -0.4 is 10.3 Å². The maximum absolute atomic E-state index is 12.3. The van der Waals surface area contributed by atoms with Crippen LogP contribution in [0, 0.1) is 0 Å². The van der Waals surface area contributed by atoms with Gasteiger partial charge in [-0.1, -0.05) is 49.7 Å². The van der Waals surface area contributed by atoms with E-state index >= 15 is 0 Å². The monoisotopic (exact) mass is 396 g/mol. The smallest absolute Gasteiger partial charge is 0.289 e. The predicted molar refractivity (Wildman–Crippen MR) is 107 cm³/mol. The van der Waals surface area contributed by atoms with Crippen LogP contribution in [0.5, 0.6) is 5.75 Å². The normalized spacial score (nSPS) is 10.9. The van der Waals surface area contributed by atoms with Gasteiger partial charge in [0.15, 0.2) is 10.8 Å². The molecule has 0 saturated heterocycles. The largest absolute Gasteiger partial charge is 0.485 e. The zero-order valence-electron chi connectivity index (χ0n) is 16.7. The molecule has 0 saturated carbocycles. The van der Waals surface area contributed by atoms with Crippen molar-refractivity contribution in [2.75, 3.05) is 13.2 Å². The van der Waals surface area contributed by atoms with Gasteiger partial charge in [0.2, 0.25) is 0 Å². The molecule has 0 unspecified atom stereocenters. The Kier molecular flexibility index (Phi) is 9.49. The van der Waals surface area contributed by atoms with Crippen molar-refractivity contribution < 1.29 is 14.6 Å². The standard InChI is InChI=1S/C18H23ClN2O4.C2H6/c1-18(2,3)21-17(23)16(19)15(10-20-21)25-12-14-6-4-5-13(9-14)11-24-8-7-22;1-2/h4-6,9-10,22H,7-8,11-12H2,1-3H3;1-2H3. The quantitative estimate of drug-likeness (QED) is 0.721. The summed E-state index contributed by atoms with van der Waals surface area (Å²) in [5.41, 5.74) is 1.06. The first-order valence-electron chi connectivity index (χ1n) is 9.00. The van der Waals surface area contributed by atoms with E-state index in [1.807, 2.05) is 58.9 Å². The SMILES string of the molecule is CC.CC(C)(C)n1ncc(OCc2cccc(COCCO)c2)c(Cl)c1=O. The molecule has 1 heterocycles. The van der Waals surface area contributed by atoms with E-state index in [2.05, 4.69) is 5.10 Å². The fraction of sp³-hybridized carbons (Fsp3) is 0.500. The van der Waals surface area contributed by atoms with Gasteiger partial charge in [0.1, 0.15) is 6.61 Å². The third-order valence-corrected chi connectivity index (χ3v) is 3.76. The summed E-state index contributed by atoms with van der Waals surface area (Å²) in [6.07, 6.45) is 1.46. The minimum atomic E-state index is -0.456. The minimum absolute atomic E-state index is 0.00555. The van der Waals surface area contributed by atoms with E-state index in [0.717, 1.165) is 11.1 Å². The minimum Gasteiger partial charge on any atom is -0.485 e. The molecule has 1 N–H and O–H groups in total. The van der Waals surface area contributed by atoms with Crippen molar-refractivity contribution >= 4 is 11.6 Å². The van der Waals surface area contributed by atoms with Crippen LogP contribution >= 0.6 is 11.6 Å². The number of aromatic nitrogens is 2. The number of rotatable bonds is 7. The van der Waals surface area contributed by atoms with Crippen molar-refractivity contribution in [1.29, 1.82) is 0 Å². The van der Waals surface area contributed by atoms with E-state index in [-0.39, 0.29) is 29.5 Å². The van der Waals surface area contributed by atoms with E-state index in [0.29, 0.717) is 13.2 Å². The maximum Gasteiger partial charge on any atom is 0.289 e. The summed E-state index contributed by atoms with van der Waals surface area (Å²) in [7, 11) is 0. The number of aliphatic hydroxyl groups is 1. The highest BCUT2D eigenvalue weighted by Gasteiger charge is 2.19. The molecule has 27 heavy (non-hydrogen) atoms. The molecule has 0 aliphatic heterocycles. The highest BCUT2D eigenvalue weighted by Crippen LogP contribution is 2.22. The first-order chi connectivity index (χ1) is 12.8. The van der Waals surface area contributed by atoms with Gasteiger partial charge in [-0.05, 0) is 31.9 Å². The van der Waals surface area contributed by atoms with Crippen LogP contribution in [0.15, 0.2) is 35.3 Å². The number of ether oxygens (including phenoxy) is 2. The summed E-state index contributed by atoms with van der Waals surface area (Å²) in [4.78, 5) is 12.3. The number of nitrogens with zero attached hydrogens (tertiary/aromatic N) is 2. The van der Waals surface area contributed by atoms with Gasteiger partial charge < -0.3 is 14.6 Å². The van der Waals surface area contributed by atoms with Crippen LogP contribution in [-0.4, -0.2) is 28.1 Å². The number of hydrogen-bond donors (Lipinski definition) is 1. The molecule has 0 aliphatic rings. The van der Waals surface area contributed by atoms with Gasteiger partial charge in [-0.25, -0.2) is 4.68 Å². The van der Waals surface area contributed by atoms with Crippen molar-refractivity contribution in [2.24, 2.45) is 0 Å². The molecule has 0 radical (unpaired) electrons. The summed E-state index contributed by atoms with van der Waals surface area (Å²) >= 11 is 6.14. The second-order valence-corrected chi connectivity index (χ2v) is 6.97. The first kappa shape index (κ1) is 23.1. The van der Waals surface area contributed by atoms with Crippen molar-refractivity contribution in [1.82, 2.24) is 9.78 Å². The summed E-state index contributed by atoms with van der Waals surface area (Å²) in [6.45, 7) is 10.6. The van der Waals surface area contributed by atoms with Gasteiger partial charge in [0, 0.05) is 0 Å². The fourth-order valence-electron chi connectivity index (χ4n) is 2.22. The molecule has 0 fully saturated rings. The molecule has 2 aromatic rings. The number of benzene rings is 1. The topological polar surface area (TPSA) is 73.6 Å². The molecule has 0 atom stereocenters. The van der Waals surface area contributed by atoms with Gasteiger partial charge in [-0.2, -0.15) is 5.10 Å². The average molecular weight is 397 g/mol. The Bertz CT molecular complexity index is 769. The van der Waals surface area contributed by atoms with Crippen LogP contribution in [0.3, 0.4) is 0 Å². The summed E-state index contributed by atoms with van der Waals surface area (Å²) in [5.74, 6) is 0.258. The van der Waals surface area contributed by atoms with Gasteiger partial charge in [-0.15, -0.1) is 0 Å². The second-order valence-electron chi connectivity index (χ2n) is 6.60. The maximum atomic E-state index is 12.3. The Labute approximate surface area is 165 Å². The summed E-state index contributed by atoms with van der Waals surface area (Å²) < 4.78 is 12.3. The lowest BCUT2D eigenvalue weighted by atomic mass is 10.1. The first-order valence-corrected chi connectivity index (χ1v) is 9.38. The average Bonchev–Trinajstić information content (AvgIpc) is 2.64. The molecule has 0 amide bonds. The Hall–Kier alpha value is -1.89. The predicted octanol–water partition coefficient (Wildman–Crippen LogP) is 3.77. The van der Waals surface area contributed by atoms with E-state index in [9.17, 15) is 4.79 Å². The molecule has 150 valence electrons. The number of hydrogen-bond acceptors (Lipinski definition) is 5. The third-order valence-electron chi connectivity index (χ3n) is 3.41. The molecular formula is C20H29ClN2O4. The Morgan fingerprint density at radius 3 is 2.41 bits per heavy atom. The molecule has 7 heteroatoms. The molecule has 1 aromatic heterocycles. The second kappa shape index (κ2) is 11.1. The fourth-order valence-corrected chi connectivity index (χ4v) is 2.40. The molecule has 2 rings (SSSR count). The van der Waals surface area contributed by atoms with Gasteiger partial charge >= 0.3 is 0 Å². The van der Waals surface area contributed by atoms with Gasteiger partial charge in [0.05, 0.1) is 31.6 Å². The van der Waals surface area contributed by atoms with Crippen LogP contribution in [0.2, 0.25) is 5.02 Å². The summed E-state index contributed by atoms with van der Waals surface area (Å²) in [6, 6.07) is 7.68. The highest BCUT2D eigenvalue weighted by atomic mass is 35.5. The Morgan fingerprint density at radius 1 is 1.19 bits per heavy atom. The number of aliphatic hydroxyl groups excluding tert-OH is 1. The van der Waals surface area contributed by atoms with Crippen LogP contribution in [0.25, 0.3) is 0 Å². The highest BCUT2D eigenvalue weighted by molar-refractivity contribution is 6.31. The van der Waals surface area contributed by atoms with Crippen LogP contribution in [0.4, 0.5) is 0 Å². The van der Waals surface area contributed by atoms with E-state index in [4.69, 9.17) is 26.2 Å². The number of halogens is 1. The molecule has 0 bridgehead atoms. The van der Waals surface area contributed by atoms with Crippen LogP contribution in [0.1, 0.15) is 45.7 Å². The third kappa shape index (κ3) is 6.97. The van der Waals surface area contributed by atoms with Gasteiger partial charge in [0.25, 0.3) is 5.56 Å². The Balaban J connectivity index is 0.00000176. The van der Waals surface area contributed by atoms with Crippen molar-refractivity contribution in [3.8, 4) is 5.75 Å². The van der Waals surface area contributed by atoms with E-state index < -0.39 is 5.54 Å². The zero-order chi connectivity index (χ0) is 20.4. The lowest BCUT2D eigenvalue weighted by molar-refractivity contribution is 0.0815. The van der Waals surface area contributed by atoms with E-state index in [1.165, 1.54) is 10.9 Å². The van der Waals surface area contributed by atoms with Gasteiger partial charge in [-0.3, -0.25) is 4.79 Å². The Morgan fingerprint density at radius 2 is 1.81 bits per heavy atom. The molecular weight excluding hydrogens is 368 g/mol. The van der Waals surface area contributed by atoms with Crippen LogP contribution in [-0.2, 0) is 23.5 Å². The van der Waals surface area contributed by atoms with E-state index in [1.54, 1.807) is 0 Å². The van der Waals surface area contributed by atoms with Crippen molar-refractivity contribution in [3.05, 3.63) is 57.0 Å². The van der Waals surface area contributed by atoms with Crippen molar-refractivity contribution in [2.45, 2.75) is 53.4 Å². The lowest BCUT2D eigenvalue weighted by Gasteiger charge is -2.21. The molecule has 0 aliphatic carbocycles. The molecule has 6 nitrogen and oxygen atoms in total. The summed E-state index contributed by atoms with van der Waals surface area (Å²) in [5, 5.41) is 12.9. The zero-order valence-corrected chi connectivity index (χ0v) is 17.4.